The summed E-state index contributed by atoms with van der Waals surface area (Å²) in [5.74, 6) is 0. The molecular formula is C29H22S. The molecule has 0 amide bonds. The van der Waals surface area contributed by atoms with Crippen LogP contribution in [0.1, 0.15) is 16.7 Å². The van der Waals surface area contributed by atoms with Crippen molar-refractivity contribution in [3.05, 3.63) is 150 Å². The van der Waals surface area contributed by atoms with Crippen LogP contribution in [-0.2, 0) is 0 Å². The Morgan fingerprint density at radius 1 is 0.400 bits per heavy atom. The van der Waals surface area contributed by atoms with Gasteiger partial charge in [-0.25, -0.2) is 0 Å². The molecule has 144 valence electrons. The third-order valence-corrected chi connectivity index (χ3v) is 7.55. The lowest BCUT2D eigenvalue weighted by atomic mass is 10.0. The van der Waals surface area contributed by atoms with Crippen molar-refractivity contribution in [2.75, 3.05) is 0 Å². The highest BCUT2D eigenvalue weighted by atomic mass is 32.2. The normalized spacial score (nSPS) is 16.0. The molecule has 1 aliphatic rings. The monoisotopic (exact) mass is 402 g/mol. The zero-order valence-corrected chi connectivity index (χ0v) is 17.4. The van der Waals surface area contributed by atoms with Crippen molar-refractivity contribution >= 4 is 25.8 Å². The van der Waals surface area contributed by atoms with Gasteiger partial charge >= 0.3 is 0 Å². The molecule has 1 unspecified atom stereocenters. The first kappa shape index (κ1) is 18.6. The quantitative estimate of drug-likeness (QED) is 0.307. The van der Waals surface area contributed by atoms with E-state index in [9.17, 15) is 0 Å². The average Bonchev–Trinajstić information content (AvgIpc) is 2.85. The summed E-state index contributed by atoms with van der Waals surface area (Å²) in [7, 11) is -0.179. The maximum Gasteiger partial charge on any atom is 0.0147 e. The Hall–Kier alpha value is -3.42. The van der Waals surface area contributed by atoms with E-state index in [0.717, 1.165) is 0 Å². The molecule has 0 N–H and O–H groups in total. The predicted octanol–water partition coefficient (Wildman–Crippen LogP) is 7.67. The van der Waals surface area contributed by atoms with Gasteiger partial charge in [0, 0.05) is 14.7 Å². The number of benzene rings is 4. The van der Waals surface area contributed by atoms with E-state index in [1.807, 2.05) is 0 Å². The van der Waals surface area contributed by atoms with Gasteiger partial charge in [-0.2, -0.15) is 0 Å². The van der Waals surface area contributed by atoms with Crippen molar-refractivity contribution in [3.8, 4) is 0 Å². The standard InChI is InChI=1S/C29H22S/c1-5-13-23(14-6-1)26-21-28(24-15-7-2-8-16-24)30(27-19-11-4-12-20-27)29(22-26)25-17-9-3-10-18-25/h1-22H. The number of hydrogen-bond acceptors (Lipinski definition) is 0. The van der Waals surface area contributed by atoms with Crippen LogP contribution in [0.5, 0.6) is 0 Å². The molecule has 0 aliphatic carbocycles. The van der Waals surface area contributed by atoms with Crippen LogP contribution in [0, 0.1) is 0 Å². The maximum atomic E-state index is 2.38. The highest BCUT2D eigenvalue weighted by molar-refractivity contribution is 8.24. The fourth-order valence-electron chi connectivity index (χ4n) is 3.78. The number of rotatable bonds is 4. The smallest absolute Gasteiger partial charge is 0.0147 e. The summed E-state index contributed by atoms with van der Waals surface area (Å²) >= 11 is 0. The Morgan fingerprint density at radius 2 is 0.867 bits per heavy atom. The minimum atomic E-state index is -0.179. The van der Waals surface area contributed by atoms with Crippen LogP contribution in [-0.4, -0.2) is 4.86 Å². The van der Waals surface area contributed by atoms with Gasteiger partial charge in [0.25, 0.3) is 0 Å². The predicted molar refractivity (Wildman–Crippen MR) is 132 cm³/mol. The number of allylic oxidation sites excluding steroid dienone is 3. The fraction of sp³-hybridized carbons (Fsp3) is 0. The van der Waals surface area contributed by atoms with Gasteiger partial charge in [-0.1, -0.05) is 109 Å². The molecule has 0 radical (unpaired) electrons. The number of hydrogen-bond donors (Lipinski definition) is 0. The molecular weight excluding hydrogens is 380 g/mol. The molecule has 1 heterocycles. The van der Waals surface area contributed by atoms with Gasteiger partial charge in [-0.15, -0.1) is 10.5 Å². The van der Waals surface area contributed by atoms with Gasteiger partial charge < -0.3 is 0 Å². The molecule has 4 aromatic carbocycles. The van der Waals surface area contributed by atoms with Crippen molar-refractivity contribution in [1.29, 1.82) is 0 Å². The van der Waals surface area contributed by atoms with E-state index in [1.54, 1.807) is 0 Å². The van der Waals surface area contributed by atoms with E-state index < -0.39 is 0 Å². The van der Waals surface area contributed by atoms with E-state index in [4.69, 9.17) is 0 Å². The maximum absolute atomic E-state index is 2.38. The summed E-state index contributed by atoms with van der Waals surface area (Å²) in [5.41, 5.74) is 5.06. The third-order valence-electron chi connectivity index (χ3n) is 5.22. The van der Waals surface area contributed by atoms with Gasteiger partial charge in [0.2, 0.25) is 0 Å². The SMILES string of the molecule is C1=C(c2ccccc2)C=C(c2ccccc2)S(c2ccccc2)=C1c1ccccc1. The molecule has 0 saturated heterocycles. The lowest BCUT2D eigenvalue weighted by Crippen LogP contribution is -2.05. The van der Waals surface area contributed by atoms with Gasteiger partial charge in [-0.05, 0) is 46.5 Å². The summed E-state index contributed by atoms with van der Waals surface area (Å²) in [6.45, 7) is 0. The first-order valence-corrected chi connectivity index (χ1v) is 11.4. The van der Waals surface area contributed by atoms with Crippen molar-refractivity contribution in [1.82, 2.24) is 0 Å². The molecule has 0 aromatic heterocycles. The zero-order valence-electron chi connectivity index (χ0n) is 16.6. The van der Waals surface area contributed by atoms with Crippen LogP contribution in [0.2, 0.25) is 0 Å². The molecule has 30 heavy (non-hydrogen) atoms. The topological polar surface area (TPSA) is 0 Å². The summed E-state index contributed by atoms with van der Waals surface area (Å²) < 4.78 is 0. The Kier molecular flexibility index (Phi) is 5.28. The van der Waals surface area contributed by atoms with Crippen LogP contribution in [0.4, 0.5) is 0 Å². The van der Waals surface area contributed by atoms with E-state index in [0.29, 0.717) is 0 Å². The van der Waals surface area contributed by atoms with E-state index in [1.165, 1.54) is 36.9 Å². The molecule has 0 bridgehead atoms. The molecule has 0 nitrogen and oxygen atoms in total. The second-order valence-corrected chi connectivity index (χ2v) is 9.15. The molecule has 0 spiro atoms. The lowest BCUT2D eigenvalue weighted by molar-refractivity contribution is 1.47. The summed E-state index contributed by atoms with van der Waals surface area (Å²) in [5, 5.41) is 0. The first-order valence-electron chi connectivity index (χ1n) is 10.2. The molecule has 4 aromatic rings. The molecule has 0 fully saturated rings. The second-order valence-electron chi connectivity index (χ2n) is 7.19. The first-order chi connectivity index (χ1) is 14.9. The van der Waals surface area contributed by atoms with Gasteiger partial charge in [0.15, 0.2) is 0 Å². The lowest BCUT2D eigenvalue weighted by Gasteiger charge is -2.24. The van der Waals surface area contributed by atoms with E-state index in [-0.39, 0.29) is 10.5 Å². The van der Waals surface area contributed by atoms with Crippen LogP contribution >= 0.6 is 10.5 Å². The van der Waals surface area contributed by atoms with Crippen molar-refractivity contribution in [2.24, 2.45) is 0 Å². The van der Waals surface area contributed by atoms with Gasteiger partial charge in [0.1, 0.15) is 0 Å². The van der Waals surface area contributed by atoms with Crippen LogP contribution < -0.4 is 0 Å². The van der Waals surface area contributed by atoms with Gasteiger partial charge in [-0.3, -0.25) is 0 Å². The van der Waals surface area contributed by atoms with Crippen LogP contribution in [0.3, 0.4) is 0 Å². The summed E-state index contributed by atoms with van der Waals surface area (Å²) in [6.07, 6.45) is 4.76. The zero-order chi connectivity index (χ0) is 20.2. The molecule has 1 atom stereocenters. The molecule has 1 heteroatoms. The molecule has 1 aliphatic heterocycles. The summed E-state index contributed by atoms with van der Waals surface area (Å²) in [4.78, 5) is 4.07. The van der Waals surface area contributed by atoms with E-state index in [2.05, 4.69) is 133 Å². The Labute approximate surface area is 180 Å². The van der Waals surface area contributed by atoms with Crippen molar-refractivity contribution in [2.45, 2.75) is 4.90 Å². The Balaban J connectivity index is 1.83. The second kappa shape index (κ2) is 8.52. The largest absolute Gasteiger partial charge is 0.115 e. The molecule has 0 saturated carbocycles. The fourth-order valence-corrected chi connectivity index (χ4v) is 6.18. The third kappa shape index (κ3) is 3.72. The van der Waals surface area contributed by atoms with Gasteiger partial charge in [0.05, 0.1) is 0 Å². The van der Waals surface area contributed by atoms with Crippen LogP contribution in [0.15, 0.2) is 138 Å². The van der Waals surface area contributed by atoms with Crippen molar-refractivity contribution in [3.63, 3.8) is 0 Å². The highest BCUT2D eigenvalue weighted by Gasteiger charge is 2.20. The highest BCUT2D eigenvalue weighted by Crippen LogP contribution is 2.47. The van der Waals surface area contributed by atoms with Crippen molar-refractivity contribution < 1.29 is 0 Å². The van der Waals surface area contributed by atoms with Crippen LogP contribution in [0.25, 0.3) is 10.5 Å². The van der Waals surface area contributed by atoms with E-state index >= 15 is 0 Å². The Morgan fingerprint density at radius 3 is 1.43 bits per heavy atom. The Bertz CT molecular complexity index is 1230. The summed E-state index contributed by atoms with van der Waals surface area (Å²) in [6, 6.07) is 43.2. The average molecular weight is 403 g/mol. The minimum absolute atomic E-state index is 0.179. The molecule has 5 rings (SSSR count). The minimum Gasteiger partial charge on any atom is -0.115 e.